The fourth-order valence-corrected chi connectivity index (χ4v) is 6.13. The van der Waals surface area contributed by atoms with Gasteiger partial charge in [-0.1, -0.05) is 30.7 Å². The smallest absolute Gasteiger partial charge is 0.241 e. The Morgan fingerprint density at radius 2 is 2.12 bits per heavy atom. The number of imidazole rings is 1. The average Bonchev–Trinajstić information content (AvgIpc) is 3.68. The number of hydrogen-bond donors (Lipinski definition) is 2. The van der Waals surface area contributed by atoms with Gasteiger partial charge in [0, 0.05) is 42.6 Å². The van der Waals surface area contributed by atoms with Gasteiger partial charge < -0.3 is 10.6 Å². The van der Waals surface area contributed by atoms with E-state index in [1.807, 2.05) is 48.0 Å². The van der Waals surface area contributed by atoms with Gasteiger partial charge in [-0.25, -0.2) is 9.97 Å². The number of halogens is 1. The Kier molecular flexibility index (Phi) is 8.00. The lowest BCUT2D eigenvalue weighted by molar-refractivity contribution is -0.122. The summed E-state index contributed by atoms with van der Waals surface area (Å²) < 4.78 is 8.30. The quantitative estimate of drug-likeness (QED) is 0.240. The Morgan fingerprint density at radius 1 is 1.22 bits per heavy atom. The average molecular weight is 590 g/mol. The molecule has 12 heteroatoms. The van der Waals surface area contributed by atoms with Crippen LogP contribution < -0.4 is 10.6 Å². The highest BCUT2D eigenvalue weighted by molar-refractivity contribution is 7.10. The molecule has 10 nitrogen and oxygen atoms in total. The Balaban J connectivity index is 1.14. The number of likely N-dealkylation sites (tertiary alicyclic amines) is 1. The molecule has 0 spiro atoms. The number of fused-ring (bicyclic) bond motifs is 1. The summed E-state index contributed by atoms with van der Waals surface area (Å²) >= 11 is 7.48. The lowest BCUT2D eigenvalue weighted by atomic mass is 10.0. The number of aromatic nitrogens is 6. The summed E-state index contributed by atoms with van der Waals surface area (Å²) in [5.74, 6) is 1.28. The van der Waals surface area contributed by atoms with E-state index in [0.717, 1.165) is 58.8 Å². The van der Waals surface area contributed by atoms with Crippen LogP contribution in [0, 0.1) is 12.8 Å². The highest BCUT2D eigenvalue weighted by Gasteiger charge is 2.18. The predicted octanol–water partition coefficient (Wildman–Crippen LogP) is 5.30. The molecule has 1 aliphatic heterocycles. The Bertz CT molecular complexity index is 1680. The van der Waals surface area contributed by atoms with Gasteiger partial charge in [0.2, 0.25) is 5.91 Å². The van der Waals surface area contributed by atoms with Crippen molar-refractivity contribution in [1.29, 1.82) is 0 Å². The van der Waals surface area contributed by atoms with Crippen molar-refractivity contribution < 1.29 is 4.79 Å². The van der Waals surface area contributed by atoms with Gasteiger partial charge in [0.25, 0.3) is 0 Å². The Morgan fingerprint density at radius 3 is 2.98 bits per heavy atom. The third kappa shape index (κ3) is 6.58. The molecular weight excluding hydrogens is 558 g/mol. The predicted molar refractivity (Wildman–Crippen MR) is 161 cm³/mol. The summed E-state index contributed by atoms with van der Waals surface area (Å²) in [6.45, 7) is 7.91. The summed E-state index contributed by atoms with van der Waals surface area (Å²) in [5.41, 5.74) is 5.29. The molecule has 0 saturated carbocycles. The van der Waals surface area contributed by atoms with Crippen LogP contribution >= 0.6 is 23.1 Å². The second kappa shape index (κ2) is 12.0. The van der Waals surface area contributed by atoms with Crippen molar-refractivity contribution in [3.05, 3.63) is 77.1 Å². The molecule has 2 N–H and O–H groups in total. The third-order valence-electron chi connectivity index (χ3n) is 7.15. The van der Waals surface area contributed by atoms with Crippen molar-refractivity contribution in [2.75, 3.05) is 18.4 Å². The van der Waals surface area contributed by atoms with Crippen molar-refractivity contribution in [1.82, 2.24) is 38.7 Å². The van der Waals surface area contributed by atoms with Crippen molar-refractivity contribution in [3.63, 3.8) is 0 Å². The van der Waals surface area contributed by atoms with E-state index in [0.29, 0.717) is 23.0 Å². The SMILES string of the molecule is Cc1cn2c(-c3cnn(CC(=O)NCc4cccc(Cl)c4)c3)cnc2c(Nc2cc(CN3CCCC(C)C3)ns2)n1. The maximum absolute atomic E-state index is 12.5. The summed E-state index contributed by atoms with van der Waals surface area (Å²) in [7, 11) is 0. The molecule has 1 aliphatic rings. The highest BCUT2D eigenvalue weighted by atomic mass is 35.5. The van der Waals surface area contributed by atoms with Crippen LogP contribution in [0.25, 0.3) is 16.9 Å². The zero-order valence-electron chi connectivity index (χ0n) is 23.0. The van der Waals surface area contributed by atoms with E-state index in [-0.39, 0.29) is 12.5 Å². The summed E-state index contributed by atoms with van der Waals surface area (Å²) in [6, 6.07) is 9.54. The lowest BCUT2D eigenvalue weighted by Gasteiger charge is -2.30. The Labute approximate surface area is 247 Å². The van der Waals surface area contributed by atoms with E-state index in [9.17, 15) is 4.79 Å². The number of piperidine rings is 1. The first kappa shape index (κ1) is 27.4. The number of benzene rings is 1. The van der Waals surface area contributed by atoms with Gasteiger partial charge in [0.05, 0.1) is 29.5 Å². The minimum Gasteiger partial charge on any atom is -0.350 e. The number of hydrogen-bond acceptors (Lipinski definition) is 8. The fraction of sp³-hybridized carbons (Fsp3) is 0.345. The number of nitrogens with one attached hydrogen (secondary N) is 2. The number of carbonyl (C=O) groups is 1. The van der Waals surface area contributed by atoms with Gasteiger partial charge in [-0.05, 0) is 67.5 Å². The number of rotatable bonds is 9. The summed E-state index contributed by atoms with van der Waals surface area (Å²) in [6.07, 6.45) is 9.91. The van der Waals surface area contributed by atoms with Crippen LogP contribution in [-0.4, -0.2) is 52.4 Å². The van der Waals surface area contributed by atoms with Crippen LogP contribution in [-0.2, 0) is 24.4 Å². The molecule has 0 bridgehead atoms. The molecule has 0 aliphatic carbocycles. The molecule has 1 aromatic carbocycles. The van der Waals surface area contributed by atoms with E-state index < -0.39 is 0 Å². The van der Waals surface area contributed by atoms with Gasteiger partial charge in [-0.2, -0.15) is 9.47 Å². The van der Waals surface area contributed by atoms with E-state index in [2.05, 4.69) is 43.0 Å². The van der Waals surface area contributed by atoms with Crippen LogP contribution in [0.2, 0.25) is 5.02 Å². The van der Waals surface area contributed by atoms with E-state index >= 15 is 0 Å². The normalized spacial score (nSPS) is 15.8. The lowest BCUT2D eigenvalue weighted by Crippen LogP contribution is -2.33. The summed E-state index contributed by atoms with van der Waals surface area (Å²) in [4.78, 5) is 24.4. The molecule has 41 heavy (non-hydrogen) atoms. The molecule has 5 heterocycles. The largest absolute Gasteiger partial charge is 0.350 e. The molecule has 1 amide bonds. The molecule has 4 aromatic heterocycles. The van der Waals surface area contributed by atoms with Crippen LogP contribution in [0.1, 0.15) is 36.7 Å². The number of carbonyl (C=O) groups excluding carboxylic acids is 1. The monoisotopic (exact) mass is 589 g/mol. The minimum absolute atomic E-state index is 0.106. The first-order valence-corrected chi connectivity index (χ1v) is 14.9. The maximum atomic E-state index is 12.5. The number of nitrogens with zero attached hydrogens (tertiary/aromatic N) is 7. The Hall–Kier alpha value is -3.80. The second-order valence-corrected chi connectivity index (χ2v) is 11.9. The third-order valence-corrected chi connectivity index (χ3v) is 8.13. The van der Waals surface area contributed by atoms with Crippen LogP contribution in [0.4, 0.5) is 10.8 Å². The zero-order valence-corrected chi connectivity index (χ0v) is 24.6. The van der Waals surface area contributed by atoms with Crippen molar-refractivity contribution in [3.8, 4) is 11.3 Å². The second-order valence-electron chi connectivity index (χ2n) is 10.7. The molecule has 1 saturated heterocycles. The van der Waals surface area contributed by atoms with Gasteiger partial charge >= 0.3 is 0 Å². The molecule has 212 valence electrons. The summed E-state index contributed by atoms with van der Waals surface area (Å²) in [5, 5.41) is 12.3. The van der Waals surface area contributed by atoms with E-state index in [1.54, 1.807) is 17.1 Å². The van der Waals surface area contributed by atoms with Crippen molar-refractivity contribution in [2.24, 2.45) is 5.92 Å². The standard InChI is InChI=1S/C29H32ClN9OS/c1-19-5-4-8-37(14-19)17-24-10-27(41-36-24)35-28-29-32-13-25(39(29)15-20(2)34-28)22-12-33-38(16-22)18-26(40)31-11-21-6-3-7-23(30)9-21/h3,6-7,9-10,12-13,15-16,19H,4-5,8,11,14,17-18H2,1-2H3,(H,31,40)(H,34,35). The molecule has 1 atom stereocenters. The molecule has 5 aromatic rings. The first-order chi connectivity index (χ1) is 19.9. The maximum Gasteiger partial charge on any atom is 0.241 e. The minimum atomic E-state index is -0.136. The molecular formula is C29H32ClN9OS. The fourth-order valence-electron chi connectivity index (χ4n) is 5.26. The number of anilines is 2. The number of aryl methyl sites for hydroxylation is 1. The van der Waals surface area contributed by atoms with Crippen molar-refractivity contribution in [2.45, 2.75) is 46.3 Å². The topological polar surface area (TPSA) is 105 Å². The van der Waals surface area contributed by atoms with E-state index in [4.69, 9.17) is 16.6 Å². The van der Waals surface area contributed by atoms with Crippen LogP contribution in [0.3, 0.4) is 0 Å². The van der Waals surface area contributed by atoms with Crippen LogP contribution in [0.5, 0.6) is 0 Å². The zero-order chi connectivity index (χ0) is 28.3. The molecule has 1 unspecified atom stereocenters. The van der Waals surface area contributed by atoms with Gasteiger partial charge in [0.15, 0.2) is 11.5 Å². The number of amides is 1. The van der Waals surface area contributed by atoms with Gasteiger partial charge in [-0.15, -0.1) is 0 Å². The first-order valence-electron chi connectivity index (χ1n) is 13.7. The van der Waals surface area contributed by atoms with Gasteiger partial charge in [-0.3, -0.25) is 18.8 Å². The van der Waals surface area contributed by atoms with E-state index in [1.165, 1.54) is 24.4 Å². The van der Waals surface area contributed by atoms with Crippen molar-refractivity contribution >= 4 is 45.5 Å². The molecule has 6 rings (SSSR count). The van der Waals surface area contributed by atoms with Gasteiger partial charge in [0.1, 0.15) is 11.5 Å². The molecule has 1 fully saturated rings. The molecule has 0 radical (unpaired) electrons. The van der Waals surface area contributed by atoms with Crippen LogP contribution in [0.15, 0.2) is 55.1 Å². The highest BCUT2D eigenvalue weighted by Crippen LogP contribution is 2.28.